The van der Waals surface area contributed by atoms with Crippen LogP contribution in [0.15, 0.2) is 18.2 Å². The van der Waals surface area contributed by atoms with Crippen LogP contribution in [-0.2, 0) is 0 Å². The number of hydrogen-bond acceptors (Lipinski definition) is 4. The van der Waals surface area contributed by atoms with Gasteiger partial charge in [-0.05, 0) is 31.0 Å². The fourth-order valence-corrected chi connectivity index (χ4v) is 1.49. The van der Waals surface area contributed by atoms with Crippen molar-refractivity contribution in [1.82, 2.24) is 0 Å². The number of benzene rings is 1. The Bertz CT molecular complexity index is 396. The zero-order valence-corrected chi connectivity index (χ0v) is 9.44. The van der Waals surface area contributed by atoms with Gasteiger partial charge in [0.15, 0.2) is 0 Å². The first kappa shape index (κ1) is 14.6. The van der Waals surface area contributed by atoms with Crippen molar-refractivity contribution in [2.75, 3.05) is 6.61 Å². The van der Waals surface area contributed by atoms with Gasteiger partial charge in [0.05, 0.1) is 0 Å². The molecule has 0 aromatic heterocycles. The quantitative estimate of drug-likeness (QED) is 0.761. The van der Waals surface area contributed by atoms with Crippen LogP contribution in [0, 0.1) is 0 Å². The van der Waals surface area contributed by atoms with Gasteiger partial charge >= 0.3 is 6.36 Å². The lowest BCUT2D eigenvalue weighted by atomic mass is 10.0. The van der Waals surface area contributed by atoms with Crippen molar-refractivity contribution in [3.05, 3.63) is 23.8 Å². The molecule has 0 aliphatic heterocycles. The molecule has 102 valence electrons. The highest BCUT2D eigenvalue weighted by Crippen LogP contribution is 2.31. The largest absolute Gasteiger partial charge is 0.573 e. The third-order valence-electron chi connectivity index (χ3n) is 2.31. The zero-order valence-electron chi connectivity index (χ0n) is 9.44. The van der Waals surface area contributed by atoms with Gasteiger partial charge in [-0.3, -0.25) is 0 Å². The van der Waals surface area contributed by atoms with Crippen LogP contribution in [0.5, 0.6) is 11.5 Å². The Labute approximate surface area is 102 Å². The number of phenols is 1. The summed E-state index contributed by atoms with van der Waals surface area (Å²) < 4.78 is 39.8. The smallest absolute Gasteiger partial charge is 0.508 e. The van der Waals surface area contributed by atoms with Gasteiger partial charge in [-0.2, -0.15) is 0 Å². The first-order valence-corrected chi connectivity index (χ1v) is 5.28. The summed E-state index contributed by atoms with van der Waals surface area (Å²) in [5.41, 5.74) is 5.86. The van der Waals surface area contributed by atoms with Gasteiger partial charge in [-0.1, -0.05) is 0 Å². The SMILES string of the molecule is N[C@H](CCCO)c1cc(OC(F)(F)F)ccc1O. The summed E-state index contributed by atoms with van der Waals surface area (Å²) >= 11 is 0. The van der Waals surface area contributed by atoms with Gasteiger partial charge in [-0.15, -0.1) is 13.2 Å². The first-order valence-electron chi connectivity index (χ1n) is 5.28. The molecule has 0 spiro atoms. The van der Waals surface area contributed by atoms with Crippen molar-refractivity contribution >= 4 is 0 Å². The Hall–Kier alpha value is -1.47. The normalized spacial score (nSPS) is 13.4. The molecule has 1 rings (SSSR count). The van der Waals surface area contributed by atoms with E-state index in [1.165, 1.54) is 0 Å². The maximum Gasteiger partial charge on any atom is 0.573 e. The van der Waals surface area contributed by atoms with E-state index in [-0.39, 0.29) is 17.9 Å². The Morgan fingerprint density at radius 1 is 1.33 bits per heavy atom. The number of alkyl halides is 3. The molecule has 1 atom stereocenters. The molecule has 0 unspecified atom stereocenters. The highest BCUT2D eigenvalue weighted by molar-refractivity contribution is 5.41. The van der Waals surface area contributed by atoms with E-state index in [1.54, 1.807) is 0 Å². The predicted octanol–water partition coefficient (Wildman–Crippen LogP) is 2.06. The number of aromatic hydroxyl groups is 1. The molecule has 0 fully saturated rings. The number of rotatable bonds is 5. The summed E-state index contributed by atoms with van der Waals surface area (Å²) in [5, 5.41) is 18.2. The second-order valence-electron chi connectivity index (χ2n) is 3.74. The molecule has 0 aliphatic rings. The highest BCUT2D eigenvalue weighted by Gasteiger charge is 2.31. The van der Waals surface area contributed by atoms with Crippen LogP contribution >= 0.6 is 0 Å². The molecule has 0 radical (unpaired) electrons. The summed E-state index contributed by atoms with van der Waals surface area (Å²) in [7, 11) is 0. The number of aliphatic hydroxyl groups excluding tert-OH is 1. The van der Waals surface area contributed by atoms with E-state index in [4.69, 9.17) is 10.8 Å². The molecular formula is C11H14F3NO3. The van der Waals surface area contributed by atoms with Crippen LogP contribution in [0.2, 0.25) is 0 Å². The van der Waals surface area contributed by atoms with Crippen molar-refractivity contribution in [1.29, 1.82) is 0 Å². The molecule has 0 aliphatic carbocycles. The summed E-state index contributed by atoms with van der Waals surface area (Å²) in [5.74, 6) is -0.635. The molecule has 18 heavy (non-hydrogen) atoms. The third-order valence-corrected chi connectivity index (χ3v) is 2.31. The van der Waals surface area contributed by atoms with Gasteiger partial charge in [0.25, 0.3) is 0 Å². The third kappa shape index (κ3) is 4.42. The van der Waals surface area contributed by atoms with Gasteiger partial charge in [0, 0.05) is 18.2 Å². The molecule has 4 N–H and O–H groups in total. The van der Waals surface area contributed by atoms with Crippen LogP contribution in [0.4, 0.5) is 13.2 Å². The minimum atomic E-state index is -4.79. The number of phenolic OH excluding ortho intramolecular Hbond substituents is 1. The number of hydrogen-bond donors (Lipinski definition) is 3. The Morgan fingerprint density at radius 3 is 2.56 bits per heavy atom. The molecule has 0 amide bonds. The fraction of sp³-hybridized carbons (Fsp3) is 0.455. The van der Waals surface area contributed by atoms with Gasteiger partial charge in [0.2, 0.25) is 0 Å². The fourth-order valence-electron chi connectivity index (χ4n) is 1.49. The molecule has 0 bridgehead atoms. The Balaban J connectivity index is 2.87. The van der Waals surface area contributed by atoms with E-state index < -0.39 is 18.2 Å². The van der Waals surface area contributed by atoms with Crippen molar-refractivity contribution in [3.8, 4) is 11.5 Å². The van der Waals surface area contributed by atoms with Crippen LogP contribution in [-0.4, -0.2) is 23.2 Å². The molecular weight excluding hydrogens is 251 g/mol. The lowest BCUT2D eigenvalue weighted by Gasteiger charge is -2.15. The van der Waals surface area contributed by atoms with Gasteiger partial charge in [-0.25, -0.2) is 0 Å². The van der Waals surface area contributed by atoms with Crippen LogP contribution in [0.3, 0.4) is 0 Å². The molecule has 7 heteroatoms. The zero-order chi connectivity index (χ0) is 13.8. The second kappa shape index (κ2) is 5.92. The standard InChI is InChI=1S/C11H14F3NO3/c12-11(13,14)18-7-3-4-10(17)8(6-7)9(15)2-1-5-16/h3-4,6,9,16-17H,1-2,5,15H2/t9-/m1/s1. The van der Waals surface area contributed by atoms with Gasteiger partial charge in [0.1, 0.15) is 11.5 Å². The summed E-state index contributed by atoms with van der Waals surface area (Å²) in [6.07, 6.45) is -4.05. The average Bonchev–Trinajstić information content (AvgIpc) is 2.26. The Morgan fingerprint density at radius 2 is 2.00 bits per heavy atom. The van der Waals surface area contributed by atoms with E-state index in [1.807, 2.05) is 0 Å². The van der Waals surface area contributed by atoms with Crippen molar-refractivity contribution in [2.24, 2.45) is 5.73 Å². The minimum absolute atomic E-state index is 0.0762. The van der Waals surface area contributed by atoms with Crippen molar-refractivity contribution in [2.45, 2.75) is 25.2 Å². The first-order chi connectivity index (χ1) is 8.33. The maximum atomic E-state index is 12.0. The molecule has 4 nitrogen and oxygen atoms in total. The maximum absolute atomic E-state index is 12.0. The summed E-state index contributed by atoms with van der Waals surface area (Å²) in [6, 6.07) is 2.49. The van der Waals surface area contributed by atoms with Crippen LogP contribution in [0.1, 0.15) is 24.4 Å². The predicted molar refractivity (Wildman–Crippen MR) is 58.0 cm³/mol. The number of halogens is 3. The summed E-state index contributed by atoms with van der Waals surface area (Å²) in [4.78, 5) is 0. The van der Waals surface area contributed by atoms with Crippen molar-refractivity contribution in [3.63, 3.8) is 0 Å². The number of ether oxygens (including phenoxy) is 1. The van der Waals surface area contributed by atoms with Crippen LogP contribution < -0.4 is 10.5 Å². The summed E-state index contributed by atoms with van der Waals surface area (Å²) in [6.45, 7) is -0.0762. The van der Waals surface area contributed by atoms with Crippen molar-refractivity contribution < 1.29 is 28.1 Å². The second-order valence-corrected chi connectivity index (χ2v) is 3.74. The van der Waals surface area contributed by atoms with E-state index in [9.17, 15) is 18.3 Å². The molecule has 0 saturated carbocycles. The van der Waals surface area contributed by atoms with E-state index >= 15 is 0 Å². The topological polar surface area (TPSA) is 75.7 Å². The number of nitrogens with two attached hydrogens (primary N) is 1. The average molecular weight is 265 g/mol. The monoisotopic (exact) mass is 265 g/mol. The highest BCUT2D eigenvalue weighted by atomic mass is 19.4. The lowest BCUT2D eigenvalue weighted by Crippen LogP contribution is -2.18. The van der Waals surface area contributed by atoms with E-state index in [0.717, 1.165) is 18.2 Å². The van der Waals surface area contributed by atoms with E-state index in [2.05, 4.69) is 4.74 Å². The minimum Gasteiger partial charge on any atom is -0.508 e. The number of aliphatic hydroxyl groups is 1. The molecule has 0 saturated heterocycles. The lowest BCUT2D eigenvalue weighted by molar-refractivity contribution is -0.274. The van der Waals surface area contributed by atoms with Gasteiger partial charge < -0.3 is 20.7 Å². The molecule has 0 heterocycles. The van der Waals surface area contributed by atoms with E-state index in [0.29, 0.717) is 12.8 Å². The molecule has 1 aromatic carbocycles. The molecule has 1 aromatic rings. The van der Waals surface area contributed by atoms with Crippen LogP contribution in [0.25, 0.3) is 0 Å². The Kier molecular flexibility index (Phi) is 4.80.